The molecule has 3 nitrogen and oxygen atoms in total. The highest BCUT2D eigenvalue weighted by Crippen LogP contribution is 2.40. The molecule has 0 radical (unpaired) electrons. The second-order valence-corrected chi connectivity index (χ2v) is 5.85. The van der Waals surface area contributed by atoms with E-state index < -0.39 is 0 Å². The molecule has 0 aliphatic carbocycles. The molecule has 92 valence electrons. The third-order valence-electron chi connectivity index (χ3n) is 3.63. The molecule has 1 aromatic rings. The molecule has 1 fully saturated rings. The number of hydrogen-bond acceptors (Lipinski definition) is 3. The third-order valence-corrected chi connectivity index (χ3v) is 4.35. The minimum Gasteiger partial charge on any atom is -0.383 e. The van der Waals surface area contributed by atoms with Gasteiger partial charge in [-0.05, 0) is 12.1 Å². The Balaban J connectivity index is 2.00. The maximum atomic E-state index is 6.05. The Labute approximate surface area is 110 Å². The van der Waals surface area contributed by atoms with Crippen LogP contribution in [0.2, 0.25) is 10.0 Å². The molecule has 1 saturated heterocycles. The summed E-state index contributed by atoms with van der Waals surface area (Å²) in [4.78, 5) is 0. The molecule has 5 heteroatoms. The quantitative estimate of drug-likeness (QED) is 0.761. The average Bonchev–Trinajstić information content (AvgIpc) is 2.58. The van der Waals surface area contributed by atoms with E-state index in [0.29, 0.717) is 16.1 Å². The molecule has 2 N–H and O–H groups in total. The van der Waals surface area contributed by atoms with Gasteiger partial charge in [-0.15, -0.1) is 0 Å². The van der Waals surface area contributed by atoms with Gasteiger partial charge in [0, 0.05) is 12.0 Å². The van der Waals surface area contributed by atoms with Gasteiger partial charge in [-0.2, -0.15) is 0 Å². The number of fused-ring (bicyclic) bond motifs is 2. The van der Waals surface area contributed by atoms with Crippen LogP contribution in [0.25, 0.3) is 0 Å². The van der Waals surface area contributed by atoms with Crippen LogP contribution in [0.1, 0.15) is 6.92 Å². The molecule has 2 atom stereocenters. The number of hydrogen-bond donors (Lipinski definition) is 2. The lowest BCUT2D eigenvalue weighted by atomic mass is 9.85. The van der Waals surface area contributed by atoms with Crippen molar-refractivity contribution in [3.8, 4) is 0 Å². The summed E-state index contributed by atoms with van der Waals surface area (Å²) in [5, 5.41) is 8.07. The molecule has 2 heterocycles. The van der Waals surface area contributed by atoms with Gasteiger partial charge in [-0.1, -0.05) is 30.1 Å². The predicted molar refractivity (Wildman–Crippen MR) is 71.3 cm³/mol. The standard InChI is InChI=1S/C12H14Cl2N2O/c1-12-5-15-9-2-7(13)8(14)3-10(9)16-11(12)4-17-6-12/h2-3,11,15-16H,4-6H2,1H3. The fraction of sp³-hybridized carbons (Fsp3) is 0.500. The number of nitrogens with one attached hydrogen (secondary N) is 2. The van der Waals surface area contributed by atoms with Gasteiger partial charge in [0.15, 0.2) is 0 Å². The maximum Gasteiger partial charge on any atom is 0.0675 e. The predicted octanol–water partition coefficient (Wildman–Crippen LogP) is 3.24. The maximum absolute atomic E-state index is 6.05. The first-order chi connectivity index (χ1) is 8.08. The van der Waals surface area contributed by atoms with E-state index in [2.05, 4.69) is 17.6 Å². The van der Waals surface area contributed by atoms with Crippen LogP contribution in [0.4, 0.5) is 11.4 Å². The summed E-state index contributed by atoms with van der Waals surface area (Å²) in [5.41, 5.74) is 2.12. The fourth-order valence-electron chi connectivity index (χ4n) is 2.40. The second kappa shape index (κ2) is 3.94. The summed E-state index contributed by atoms with van der Waals surface area (Å²) in [5.74, 6) is 0. The van der Waals surface area contributed by atoms with Crippen molar-refractivity contribution in [2.24, 2.45) is 5.41 Å². The number of halogens is 2. The summed E-state index contributed by atoms with van der Waals surface area (Å²) in [6.07, 6.45) is 0. The highest BCUT2D eigenvalue weighted by Gasteiger charge is 2.41. The van der Waals surface area contributed by atoms with Crippen LogP contribution in [0, 0.1) is 5.41 Å². The molecule has 17 heavy (non-hydrogen) atoms. The summed E-state index contributed by atoms with van der Waals surface area (Å²) in [6, 6.07) is 4.06. The molecule has 3 rings (SSSR count). The van der Waals surface area contributed by atoms with Gasteiger partial charge in [-0.3, -0.25) is 0 Å². The Morgan fingerprint density at radius 2 is 2.00 bits per heavy atom. The summed E-state index contributed by atoms with van der Waals surface area (Å²) in [7, 11) is 0. The van der Waals surface area contributed by atoms with Crippen LogP contribution < -0.4 is 10.6 Å². The van der Waals surface area contributed by atoms with Crippen molar-refractivity contribution in [1.82, 2.24) is 0 Å². The van der Waals surface area contributed by atoms with Gasteiger partial charge in [0.2, 0.25) is 0 Å². The number of anilines is 2. The van der Waals surface area contributed by atoms with E-state index in [4.69, 9.17) is 27.9 Å². The highest BCUT2D eigenvalue weighted by atomic mass is 35.5. The SMILES string of the molecule is CC12CNc3cc(Cl)c(Cl)cc3NC1COC2. The number of ether oxygens (including phenoxy) is 1. The van der Waals surface area contributed by atoms with Crippen molar-refractivity contribution in [1.29, 1.82) is 0 Å². The normalized spacial score (nSPS) is 30.9. The molecule has 2 aliphatic heterocycles. The Morgan fingerprint density at radius 3 is 2.76 bits per heavy atom. The highest BCUT2D eigenvalue weighted by molar-refractivity contribution is 6.42. The topological polar surface area (TPSA) is 33.3 Å². The van der Waals surface area contributed by atoms with Crippen LogP contribution in [0.15, 0.2) is 12.1 Å². The molecule has 0 aromatic heterocycles. The van der Waals surface area contributed by atoms with Gasteiger partial charge >= 0.3 is 0 Å². The van der Waals surface area contributed by atoms with Gasteiger partial charge in [0.1, 0.15) is 0 Å². The minimum absolute atomic E-state index is 0.109. The minimum atomic E-state index is 0.109. The van der Waals surface area contributed by atoms with Crippen molar-refractivity contribution < 1.29 is 4.74 Å². The van der Waals surface area contributed by atoms with Gasteiger partial charge in [0.25, 0.3) is 0 Å². The van der Waals surface area contributed by atoms with E-state index >= 15 is 0 Å². The van der Waals surface area contributed by atoms with Gasteiger partial charge in [0.05, 0.1) is 40.7 Å². The Bertz CT molecular complexity index is 466. The zero-order valence-corrected chi connectivity index (χ0v) is 11.0. The van der Waals surface area contributed by atoms with Crippen LogP contribution in [0.3, 0.4) is 0 Å². The van der Waals surface area contributed by atoms with E-state index in [9.17, 15) is 0 Å². The zero-order valence-electron chi connectivity index (χ0n) is 9.52. The van der Waals surface area contributed by atoms with Crippen LogP contribution >= 0.6 is 23.2 Å². The monoisotopic (exact) mass is 272 g/mol. The molecule has 0 bridgehead atoms. The van der Waals surface area contributed by atoms with Gasteiger partial charge < -0.3 is 15.4 Å². The lowest BCUT2D eigenvalue weighted by Gasteiger charge is -2.27. The van der Waals surface area contributed by atoms with E-state index in [-0.39, 0.29) is 5.41 Å². The zero-order chi connectivity index (χ0) is 12.0. The molecule has 1 aromatic carbocycles. The van der Waals surface area contributed by atoms with Crippen molar-refractivity contribution in [3.05, 3.63) is 22.2 Å². The fourth-order valence-corrected chi connectivity index (χ4v) is 2.73. The second-order valence-electron chi connectivity index (χ2n) is 5.03. The lowest BCUT2D eigenvalue weighted by Crippen LogP contribution is -2.40. The van der Waals surface area contributed by atoms with Crippen molar-refractivity contribution in [2.75, 3.05) is 30.4 Å². The molecule has 0 amide bonds. The van der Waals surface area contributed by atoms with E-state index in [0.717, 1.165) is 31.1 Å². The average molecular weight is 273 g/mol. The van der Waals surface area contributed by atoms with Crippen molar-refractivity contribution in [2.45, 2.75) is 13.0 Å². The van der Waals surface area contributed by atoms with Crippen LogP contribution in [0.5, 0.6) is 0 Å². The Kier molecular flexibility index (Phi) is 2.65. The molecule has 2 aliphatic rings. The van der Waals surface area contributed by atoms with Gasteiger partial charge in [-0.25, -0.2) is 0 Å². The summed E-state index contributed by atoms with van der Waals surface area (Å²) >= 11 is 12.1. The first kappa shape index (κ1) is 11.5. The largest absolute Gasteiger partial charge is 0.383 e. The molecular weight excluding hydrogens is 259 g/mol. The summed E-state index contributed by atoms with van der Waals surface area (Å²) in [6.45, 7) is 4.60. The Morgan fingerprint density at radius 1 is 1.29 bits per heavy atom. The third kappa shape index (κ3) is 1.86. The molecular formula is C12H14Cl2N2O. The molecule has 0 saturated carbocycles. The lowest BCUT2D eigenvalue weighted by molar-refractivity contribution is 0.164. The van der Waals surface area contributed by atoms with E-state index in [1.165, 1.54) is 0 Å². The first-order valence-corrected chi connectivity index (χ1v) is 6.41. The van der Waals surface area contributed by atoms with Crippen LogP contribution in [-0.2, 0) is 4.74 Å². The number of benzene rings is 1. The number of rotatable bonds is 0. The molecule has 0 spiro atoms. The van der Waals surface area contributed by atoms with Crippen LogP contribution in [-0.4, -0.2) is 25.8 Å². The van der Waals surface area contributed by atoms with Crippen molar-refractivity contribution in [3.63, 3.8) is 0 Å². The van der Waals surface area contributed by atoms with E-state index in [1.54, 1.807) is 0 Å². The van der Waals surface area contributed by atoms with Crippen molar-refractivity contribution >= 4 is 34.6 Å². The molecule has 2 unspecified atom stereocenters. The summed E-state index contributed by atoms with van der Waals surface area (Å²) < 4.78 is 5.56. The Hall–Kier alpha value is -0.640. The first-order valence-electron chi connectivity index (χ1n) is 5.66. The van der Waals surface area contributed by atoms with E-state index in [1.807, 2.05) is 12.1 Å². The smallest absolute Gasteiger partial charge is 0.0675 e.